The molecular weight excluding hydrogens is 385 g/mol. The number of benzene rings is 2. The van der Waals surface area contributed by atoms with Gasteiger partial charge in [-0.25, -0.2) is 5.01 Å². The zero-order valence-corrected chi connectivity index (χ0v) is 14.3. The lowest BCUT2D eigenvalue weighted by Crippen LogP contribution is -2.35. The quantitative estimate of drug-likeness (QED) is 0.360. The van der Waals surface area contributed by atoms with Crippen molar-refractivity contribution in [2.75, 3.05) is 5.01 Å². The van der Waals surface area contributed by atoms with Gasteiger partial charge in [-0.2, -0.15) is 0 Å². The molecule has 2 amide bonds. The number of rotatable bonds is 3. The van der Waals surface area contributed by atoms with Gasteiger partial charge in [0, 0.05) is 21.7 Å². The minimum absolute atomic E-state index is 0.0288. The van der Waals surface area contributed by atoms with Crippen molar-refractivity contribution >= 4 is 52.5 Å². The highest BCUT2D eigenvalue weighted by atomic mass is 35.5. The number of hydrogen-bond donors (Lipinski definition) is 2. The third kappa shape index (κ3) is 3.19. The largest absolute Gasteiger partial charge is 0.502 e. The van der Waals surface area contributed by atoms with Crippen LogP contribution in [-0.4, -0.2) is 21.8 Å². The van der Waals surface area contributed by atoms with Crippen LogP contribution in [0.1, 0.15) is 5.56 Å². The number of nitrogens with one attached hydrogen (secondary N) is 1. The van der Waals surface area contributed by atoms with E-state index in [2.05, 4.69) is 5.43 Å². The van der Waals surface area contributed by atoms with Crippen LogP contribution in [0.25, 0.3) is 6.08 Å². The third-order valence-electron chi connectivity index (χ3n) is 3.54. The van der Waals surface area contributed by atoms with Crippen molar-refractivity contribution in [1.29, 1.82) is 0 Å². The molecule has 0 saturated carbocycles. The Bertz CT molecular complexity index is 990. The Hall–Kier alpha value is -3.10. The summed E-state index contributed by atoms with van der Waals surface area (Å²) in [5.74, 6) is -2.15. The molecule has 0 atom stereocenters. The number of hydrazine groups is 1. The fourth-order valence-corrected chi connectivity index (χ4v) is 2.77. The van der Waals surface area contributed by atoms with Gasteiger partial charge in [0.05, 0.1) is 10.6 Å². The Morgan fingerprint density at radius 2 is 1.88 bits per heavy atom. The number of aromatic hydroxyl groups is 1. The average Bonchev–Trinajstić information content (AvgIpc) is 2.85. The number of nitro groups is 1. The molecule has 0 radical (unpaired) electrons. The predicted octanol–water partition coefficient (Wildman–Crippen LogP) is 3.07. The lowest BCUT2D eigenvalue weighted by molar-refractivity contribution is -0.385. The topological polar surface area (TPSA) is 113 Å². The molecule has 0 aliphatic carbocycles. The number of phenolic OH excluding ortho intramolecular Hbond substituents is 1. The summed E-state index contributed by atoms with van der Waals surface area (Å²) in [6, 6.07) is 8.42. The second-order valence-corrected chi connectivity index (χ2v) is 6.11. The number of phenols is 1. The molecule has 0 spiro atoms. The van der Waals surface area contributed by atoms with Crippen LogP contribution in [0.15, 0.2) is 42.0 Å². The van der Waals surface area contributed by atoms with E-state index in [0.29, 0.717) is 10.7 Å². The summed E-state index contributed by atoms with van der Waals surface area (Å²) in [5.41, 5.74) is 1.60. The number of anilines is 1. The minimum Gasteiger partial charge on any atom is -0.502 e. The second-order valence-electron chi connectivity index (χ2n) is 5.24. The van der Waals surface area contributed by atoms with Crippen LogP contribution in [0.5, 0.6) is 5.75 Å². The molecule has 0 bridgehead atoms. The van der Waals surface area contributed by atoms with Crippen LogP contribution in [-0.2, 0) is 9.59 Å². The zero-order chi connectivity index (χ0) is 19.0. The molecule has 3 rings (SSSR count). The smallest absolute Gasteiger partial charge is 0.312 e. The molecular formula is C16H9Cl2N3O5. The first-order chi connectivity index (χ1) is 12.3. The molecule has 1 fully saturated rings. The van der Waals surface area contributed by atoms with Gasteiger partial charge in [0.1, 0.15) is 5.57 Å². The van der Waals surface area contributed by atoms with E-state index < -0.39 is 28.2 Å². The van der Waals surface area contributed by atoms with E-state index in [4.69, 9.17) is 23.2 Å². The maximum Gasteiger partial charge on any atom is 0.312 e. The molecule has 0 unspecified atom stereocenters. The van der Waals surface area contributed by atoms with Crippen LogP contribution in [0, 0.1) is 10.1 Å². The van der Waals surface area contributed by atoms with Crippen molar-refractivity contribution in [3.05, 3.63) is 67.7 Å². The molecule has 132 valence electrons. The van der Waals surface area contributed by atoms with E-state index in [-0.39, 0.29) is 16.2 Å². The predicted molar refractivity (Wildman–Crippen MR) is 94.8 cm³/mol. The fraction of sp³-hybridized carbons (Fsp3) is 0. The molecule has 2 N–H and O–H groups in total. The van der Waals surface area contributed by atoms with Crippen molar-refractivity contribution in [2.24, 2.45) is 0 Å². The number of amides is 2. The average molecular weight is 394 g/mol. The van der Waals surface area contributed by atoms with E-state index in [1.165, 1.54) is 12.1 Å². The number of carbonyl (C=O) groups excluding carboxylic acids is 2. The summed E-state index contributed by atoms with van der Waals surface area (Å²) >= 11 is 11.7. The Balaban J connectivity index is 2.04. The maximum absolute atomic E-state index is 12.5. The number of hydrogen-bond acceptors (Lipinski definition) is 5. The highest BCUT2D eigenvalue weighted by molar-refractivity contribution is 6.33. The van der Waals surface area contributed by atoms with Crippen LogP contribution in [0.3, 0.4) is 0 Å². The standard InChI is InChI=1S/C16H9Cl2N3O5/c17-9-2-1-3-11(6-9)20-16(24)12(15(23)19-20)5-8-4-10(18)7-13(14(8)22)21(25)26/h1-7,22H,(H,19,23)/b12-5-. The summed E-state index contributed by atoms with van der Waals surface area (Å²) in [5, 5.41) is 22.3. The highest BCUT2D eigenvalue weighted by Gasteiger charge is 2.35. The van der Waals surface area contributed by atoms with Crippen LogP contribution in [0.4, 0.5) is 11.4 Å². The monoisotopic (exact) mass is 393 g/mol. The molecule has 10 heteroatoms. The first kappa shape index (κ1) is 17.7. The van der Waals surface area contributed by atoms with E-state index in [0.717, 1.165) is 17.2 Å². The molecule has 2 aromatic rings. The van der Waals surface area contributed by atoms with Gasteiger partial charge in [-0.15, -0.1) is 0 Å². The van der Waals surface area contributed by atoms with Crippen LogP contribution >= 0.6 is 23.2 Å². The second kappa shape index (κ2) is 6.66. The minimum atomic E-state index is -0.821. The number of nitro benzene ring substituents is 1. The summed E-state index contributed by atoms with van der Waals surface area (Å²) < 4.78 is 0. The molecule has 1 aliphatic rings. The molecule has 1 aliphatic heterocycles. The van der Waals surface area contributed by atoms with E-state index in [9.17, 15) is 24.8 Å². The van der Waals surface area contributed by atoms with Gasteiger partial charge in [-0.1, -0.05) is 29.3 Å². The van der Waals surface area contributed by atoms with Crippen molar-refractivity contribution in [3.63, 3.8) is 0 Å². The van der Waals surface area contributed by atoms with E-state index in [1.807, 2.05) is 0 Å². The summed E-state index contributed by atoms with van der Waals surface area (Å²) in [6.07, 6.45) is 1.04. The normalized spacial score (nSPS) is 15.5. The molecule has 1 saturated heterocycles. The Labute approximate surface area is 156 Å². The van der Waals surface area contributed by atoms with Gasteiger partial charge in [0.2, 0.25) is 5.75 Å². The van der Waals surface area contributed by atoms with Crippen molar-refractivity contribution < 1.29 is 19.6 Å². The SMILES string of the molecule is O=C1NN(c2cccc(Cl)c2)C(=O)/C1=C\c1cc(Cl)cc([N+](=O)[O-])c1O. The molecule has 0 aromatic heterocycles. The van der Waals surface area contributed by atoms with Crippen molar-refractivity contribution in [1.82, 2.24) is 5.43 Å². The van der Waals surface area contributed by atoms with Crippen molar-refractivity contribution in [3.8, 4) is 5.75 Å². The zero-order valence-electron chi connectivity index (χ0n) is 12.8. The van der Waals surface area contributed by atoms with Gasteiger partial charge < -0.3 is 5.11 Å². The Morgan fingerprint density at radius 1 is 1.15 bits per heavy atom. The molecule has 2 aromatic carbocycles. The van der Waals surface area contributed by atoms with Gasteiger partial charge in [0.15, 0.2) is 0 Å². The summed E-state index contributed by atoms with van der Waals surface area (Å²) in [4.78, 5) is 34.8. The number of nitrogens with zero attached hydrogens (tertiary/aromatic N) is 2. The summed E-state index contributed by atoms with van der Waals surface area (Å²) in [7, 11) is 0. The molecule has 8 nitrogen and oxygen atoms in total. The molecule has 26 heavy (non-hydrogen) atoms. The van der Waals surface area contributed by atoms with Crippen LogP contribution < -0.4 is 10.4 Å². The lowest BCUT2D eigenvalue weighted by Gasteiger charge is -2.14. The Morgan fingerprint density at radius 3 is 2.54 bits per heavy atom. The first-order valence-corrected chi connectivity index (χ1v) is 7.83. The van der Waals surface area contributed by atoms with Gasteiger partial charge in [-0.3, -0.25) is 25.1 Å². The molecule has 1 heterocycles. The van der Waals surface area contributed by atoms with E-state index >= 15 is 0 Å². The van der Waals surface area contributed by atoms with Crippen LogP contribution in [0.2, 0.25) is 10.0 Å². The van der Waals surface area contributed by atoms with Gasteiger partial charge >= 0.3 is 5.69 Å². The highest BCUT2D eigenvalue weighted by Crippen LogP contribution is 2.35. The summed E-state index contributed by atoms with van der Waals surface area (Å²) in [6.45, 7) is 0. The van der Waals surface area contributed by atoms with Gasteiger partial charge in [-0.05, 0) is 30.3 Å². The van der Waals surface area contributed by atoms with Gasteiger partial charge in [0.25, 0.3) is 11.8 Å². The maximum atomic E-state index is 12.5. The Kier molecular flexibility index (Phi) is 4.54. The van der Waals surface area contributed by atoms with E-state index in [1.54, 1.807) is 18.2 Å². The third-order valence-corrected chi connectivity index (χ3v) is 3.99. The first-order valence-electron chi connectivity index (χ1n) is 7.07. The number of halogens is 2. The fourth-order valence-electron chi connectivity index (χ4n) is 2.36. The lowest BCUT2D eigenvalue weighted by atomic mass is 10.1. The number of carbonyl (C=O) groups is 2. The van der Waals surface area contributed by atoms with Crippen molar-refractivity contribution in [2.45, 2.75) is 0 Å².